The quantitative estimate of drug-likeness (QED) is 0.879. The lowest BCUT2D eigenvalue weighted by Crippen LogP contribution is -2.43. The van der Waals surface area contributed by atoms with Crippen LogP contribution < -0.4 is 5.32 Å². The van der Waals surface area contributed by atoms with Gasteiger partial charge in [-0.2, -0.15) is 0 Å². The fourth-order valence-corrected chi connectivity index (χ4v) is 5.17. The van der Waals surface area contributed by atoms with Crippen molar-refractivity contribution in [2.24, 2.45) is 11.8 Å². The van der Waals surface area contributed by atoms with Gasteiger partial charge in [-0.25, -0.2) is 0 Å². The highest BCUT2D eigenvalue weighted by Gasteiger charge is 2.47. The number of hydrogen-bond acceptors (Lipinski definition) is 3. The van der Waals surface area contributed by atoms with Crippen molar-refractivity contribution in [2.45, 2.75) is 37.5 Å². The summed E-state index contributed by atoms with van der Waals surface area (Å²) >= 11 is 0. The van der Waals surface area contributed by atoms with Crippen LogP contribution in [0.4, 0.5) is 0 Å². The third-order valence-corrected chi connectivity index (χ3v) is 6.63. The van der Waals surface area contributed by atoms with Crippen molar-refractivity contribution in [1.82, 2.24) is 10.2 Å². The van der Waals surface area contributed by atoms with Gasteiger partial charge in [0, 0.05) is 37.4 Å². The second-order valence-corrected chi connectivity index (χ2v) is 8.39. The number of nitrogens with one attached hydrogen (secondary N) is 1. The third-order valence-electron chi connectivity index (χ3n) is 6.63. The molecular formula is C23H26N2O2. The van der Waals surface area contributed by atoms with Crippen LogP contribution in [0.3, 0.4) is 0 Å². The summed E-state index contributed by atoms with van der Waals surface area (Å²) in [6.07, 6.45) is 0.917. The molecule has 2 aromatic carbocycles. The van der Waals surface area contributed by atoms with Crippen molar-refractivity contribution in [3.8, 4) is 0 Å². The molecule has 3 atom stereocenters. The summed E-state index contributed by atoms with van der Waals surface area (Å²) in [7, 11) is 0. The van der Waals surface area contributed by atoms with E-state index >= 15 is 0 Å². The van der Waals surface area contributed by atoms with Gasteiger partial charge in [-0.3, -0.25) is 9.69 Å². The number of likely N-dealkylation sites (tertiary alicyclic amines) is 1. The van der Waals surface area contributed by atoms with Crippen molar-refractivity contribution < 1.29 is 9.90 Å². The highest BCUT2D eigenvalue weighted by molar-refractivity contribution is 5.80. The Morgan fingerprint density at radius 1 is 1.00 bits per heavy atom. The standard InChI is InChI=1S/C23H26N2O2/c26-17-10-16(11-17)23(27)24-22-19-9-5-4-8-18(19)20-13-25(14-21(20)22)12-15-6-2-1-3-7-15/h1-9,16-17,20-22,26H,10-14H2,(H,24,27)/t16?,17?,20-,21-,22+/m0/s1. The van der Waals surface area contributed by atoms with Crippen LogP contribution in [-0.4, -0.2) is 35.1 Å². The van der Waals surface area contributed by atoms with E-state index in [2.05, 4.69) is 64.8 Å². The first-order chi connectivity index (χ1) is 13.2. The van der Waals surface area contributed by atoms with Crippen molar-refractivity contribution in [3.05, 3.63) is 71.3 Å². The lowest BCUT2D eigenvalue weighted by molar-refractivity contribution is -0.132. The van der Waals surface area contributed by atoms with E-state index in [1.54, 1.807) is 0 Å². The zero-order valence-corrected chi connectivity index (χ0v) is 15.4. The summed E-state index contributed by atoms with van der Waals surface area (Å²) in [4.78, 5) is 15.2. The molecule has 0 spiro atoms. The zero-order valence-electron chi connectivity index (χ0n) is 15.4. The van der Waals surface area contributed by atoms with Crippen molar-refractivity contribution in [1.29, 1.82) is 0 Å². The SMILES string of the molecule is O=C(N[C@@H]1c2ccccc2[C@@H]2CN(Cc3ccccc3)C[C@H]12)C1CC(O)C1. The largest absolute Gasteiger partial charge is 0.393 e. The van der Waals surface area contributed by atoms with Crippen LogP contribution in [0.25, 0.3) is 0 Å². The molecule has 2 aliphatic carbocycles. The average Bonchev–Trinajstić information content (AvgIpc) is 3.18. The van der Waals surface area contributed by atoms with E-state index in [9.17, 15) is 9.90 Å². The molecule has 1 aliphatic heterocycles. The Morgan fingerprint density at radius 2 is 1.70 bits per heavy atom. The molecule has 0 bridgehead atoms. The van der Waals surface area contributed by atoms with Crippen LogP contribution >= 0.6 is 0 Å². The summed E-state index contributed by atoms with van der Waals surface area (Å²) in [5.74, 6) is 1.01. The van der Waals surface area contributed by atoms with Crippen molar-refractivity contribution >= 4 is 5.91 Å². The summed E-state index contributed by atoms with van der Waals surface area (Å²) in [5.41, 5.74) is 4.03. The molecule has 1 saturated carbocycles. The van der Waals surface area contributed by atoms with E-state index in [0.29, 0.717) is 24.7 Å². The van der Waals surface area contributed by atoms with Crippen LogP contribution in [0.15, 0.2) is 54.6 Å². The Kier molecular flexibility index (Phi) is 4.25. The van der Waals surface area contributed by atoms with Gasteiger partial charge in [0.1, 0.15) is 0 Å². The molecule has 1 amide bonds. The van der Waals surface area contributed by atoms with Crippen molar-refractivity contribution in [3.63, 3.8) is 0 Å². The minimum Gasteiger partial charge on any atom is -0.393 e. The number of hydrogen-bond donors (Lipinski definition) is 2. The van der Waals surface area contributed by atoms with Gasteiger partial charge in [0.15, 0.2) is 0 Å². The Morgan fingerprint density at radius 3 is 2.44 bits per heavy atom. The average molecular weight is 362 g/mol. The van der Waals surface area contributed by atoms with Crippen LogP contribution in [0.2, 0.25) is 0 Å². The fraction of sp³-hybridized carbons (Fsp3) is 0.435. The maximum absolute atomic E-state index is 12.7. The smallest absolute Gasteiger partial charge is 0.223 e. The van der Waals surface area contributed by atoms with Gasteiger partial charge in [0.05, 0.1) is 12.1 Å². The van der Waals surface area contributed by atoms with E-state index in [0.717, 1.165) is 19.6 Å². The van der Waals surface area contributed by atoms with Gasteiger partial charge >= 0.3 is 0 Å². The molecule has 0 aromatic heterocycles. The number of benzene rings is 2. The topological polar surface area (TPSA) is 52.6 Å². The highest BCUT2D eigenvalue weighted by Crippen LogP contribution is 2.49. The van der Waals surface area contributed by atoms with E-state index in [1.807, 2.05) is 0 Å². The van der Waals surface area contributed by atoms with E-state index < -0.39 is 0 Å². The maximum Gasteiger partial charge on any atom is 0.223 e. The minimum atomic E-state index is -0.294. The lowest BCUT2D eigenvalue weighted by Gasteiger charge is -2.32. The molecule has 1 heterocycles. The molecule has 4 heteroatoms. The number of nitrogens with zero attached hydrogens (tertiary/aromatic N) is 1. The molecule has 4 nitrogen and oxygen atoms in total. The molecule has 1 saturated heterocycles. The summed E-state index contributed by atoms with van der Waals surface area (Å²) in [5, 5.41) is 12.9. The van der Waals surface area contributed by atoms with Gasteiger partial charge in [-0.15, -0.1) is 0 Å². The first-order valence-corrected chi connectivity index (χ1v) is 10.0. The Hall–Kier alpha value is -2.17. The minimum absolute atomic E-state index is 0.0203. The molecule has 2 fully saturated rings. The second kappa shape index (κ2) is 6.77. The van der Waals surface area contributed by atoms with Gasteiger partial charge in [0.25, 0.3) is 0 Å². The van der Waals surface area contributed by atoms with Gasteiger partial charge in [-0.1, -0.05) is 54.6 Å². The van der Waals surface area contributed by atoms with Gasteiger partial charge in [0.2, 0.25) is 5.91 Å². The molecule has 5 rings (SSSR count). The lowest BCUT2D eigenvalue weighted by atomic mass is 9.81. The third kappa shape index (κ3) is 3.07. The maximum atomic E-state index is 12.7. The summed E-state index contributed by atoms with van der Waals surface area (Å²) < 4.78 is 0. The predicted molar refractivity (Wildman–Crippen MR) is 104 cm³/mol. The molecular weight excluding hydrogens is 336 g/mol. The van der Waals surface area contributed by atoms with Crippen LogP contribution in [-0.2, 0) is 11.3 Å². The number of aliphatic hydroxyl groups is 1. The molecule has 0 radical (unpaired) electrons. The Bertz CT molecular complexity index is 831. The number of fused-ring (bicyclic) bond motifs is 3. The first-order valence-electron chi connectivity index (χ1n) is 10.0. The summed E-state index contributed by atoms with van der Waals surface area (Å²) in [6.45, 7) is 3.02. The second-order valence-electron chi connectivity index (χ2n) is 8.39. The molecule has 27 heavy (non-hydrogen) atoms. The highest BCUT2D eigenvalue weighted by atomic mass is 16.3. The number of amides is 1. The predicted octanol–water partition coefficient (Wildman–Crippen LogP) is 2.84. The molecule has 0 unspecified atom stereocenters. The number of carbonyl (C=O) groups is 1. The van der Waals surface area contributed by atoms with Crippen LogP contribution in [0.5, 0.6) is 0 Å². The zero-order chi connectivity index (χ0) is 18.4. The van der Waals surface area contributed by atoms with E-state index in [1.165, 1.54) is 16.7 Å². The molecule has 2 aromatic rings. The van der Waals surface area contributed by atoms with Gasteiger partial charge in [-0.05, 0) is 29.5 Å². The number of carbonyl (C=O) groups excluding carboxylic acids is 1. The van der Waals surface area contributed by atoms with E-state index in [4.69, 9.17) is 0 Å². The molecule has 3 aliphatic rings. The molecule has 2 N–H and O–H groups in total. The molecule has 140 valence electrons. The van der Waals surface area contributed by atoms with Crippen LogP contribution in [0.1, 0.15) is 41.5 Å². The monoisotopic (exact) mass is 362 g/mol. The normalized spacial score (nSPS) is 31.8. The fourth-order valence-electron chi connectivity index (χ4n) is 5.17. The Labute approximate surface area is 160 Å². The number of rotatable bonds is 4. The Balaban J connectivity index is 1.34. The first kappa shape index (κ1) is 17.0. The van der Waals surface area contributed by atoms with Crippen molar-refractivity contribution in [2.75, 3.05) is 13.1 Å². The van der Waals surface area contributed by atoms with Crippen LogP contribution in [0, 0.1) is 11.8 Å². The van der Waals surface area contributed by atoms with E-state index in [-0.39, 0.29) is 24.0 Å². The van der Waals surface area contributed by atoms with Gasteiger partial charge < -0.3 is 10.4 Å². The number of aliphatic hydroxyl groups excluding tert-OH is 1. The summed E-state index contributed by atoms with van der Waals surface area (Å²) in [6, 6.07) is 19.3.